The molecule has 86 valence electrons. The predicted molar refractivity (Wildman–Crippen MR) is 64.4 cm³/mol. The summed E-state index contributed by atoms with van der Waals surface area (Å²) in [6.45, 7) is 0. The number of benzene rings is 1. The lowest BCUT2D eigenvalue weighted by molar-refractivity contribution is 0.412. The molecule has 3 rings (SSSR count). The van der Waals surface area contributed by atoms with Crippen molar-refractivity contribution in [2.24, 2.45) is 0 Å². The van der Waals surface area contributed by atoms with Crippen molar-refractivity contribution in [2.75, 3.05) is 5.73 Å². The van der Waals surface area contributed by atoms with Gasteiger partial charge in [-0.3, -0.25) is 0 Å². The van der Waals surface area contributed by atoms with Gasteiger partial charge in [0, 0.05) is 5.69 Å². The molecule has 1 aromatic carbocycles. The largest absolute Gasteiger partial charge is 0.399 e. The molecule has 3 N–H and O–H groups in total. The van der Waals surface area contributed by atoms with Crippen LogP contribution in [-0.2, 0) is 5.75 Å². The second-order valence-corrected chi connectivity index (χ2v) is 4.42. The molecule has 0 aliphatic rings. The van der Waals surface area contributed by atoms with E-state index in [2.05, 4.69) is 24.6 Å². The summed E-state index contributed by atoms with van der Waals surface area (Å²) in [6.07, 6.45) is 1.31. The van der Waals surface area contributed by atoms with Gasteiger partial charge in [0.15, 0.2) is 11.0 Å². The van der Waals surface area contributed by atoms with Gasteiger partial charge in [-0.25, -0.2) is 4.98 Å². The Kier molecular flexibility index (Phi) is 2.45. The van der Waals surface area contributed by atoms with Crippen LogP contribution in [0.1, 0.15) is 5.82 Å². The normalized spacial score (nSPS) is 11.1. The van der Waals surface area contributed by atoms with Gasteiger partial charge < -0.3 is 15.2 Å². The first-order chi connectivity index (χ1) is 8.31. The van der Waals surface area contributed by atoms with Gasteiger partial charge in [0.25, 0.3) is 0 Å². The fraction of sp³-hybridized carbons (Fsp3) is 0.100. The molecule has 2 heterocycles. The summed E-state index contributed by atoms with van der Waals surface area (Å²) in [5.41, 5.74) is 8.24. The number of fused-ring (bicyclic) bond motifs is 1. The van der Waals surface area contributed by atoms with Gasteiger partial charge in [-0.05, 0) is 18.2 Å². The highest BCUT2D eigenvalue weighted by Crippen LogP contribution is 2.22. The Morgan fingerprint density at radius 3 is 3.18 bits per heavy atom. The number of rotatable bonds is 3. The van der Waals surface area contributed by atoms with E-state index < -0.39 is 0 Å². The Hall–Kier alpha value is -2.02. The van der Waals surface area contributed by atoms with Crippen molar-refractivity contribution in [2.45, 2.75) is 10.9 Å². The summed E-state index contributed by atoms with van der Waals surface area (Å²) >= 11 is 1.52. The van der Waals surface area contributed by atoms with Crippen LogP contribution in [0.25, 0.3) is 11.0 Å². The molecule has 0 aliphatic heterocycles. The second-order valence-electron chi connectivity index (χ2n) is 3.45. The topological polar surface area (TPSA) is 93.6 Å². The SMILES string of the molecule is Nc1ccc2nc(SCc3ncon3)[nH]c2c1. The van der Waals surface area contributed by atoms with E-state index in [-0.39, 0.29) is 0 Å². The fourth-order valence-corrected chi connectivity index (χ4v) is 2.20. The molecule has 0 unspecified atom stereocenters. The zero-order valence-electron chi connectivity index (χ0n) is 8.75. The lowest BCUT2D eigenvalue weighted by atomic mass is 10.3. The van der Waals surface area contributed by atoms with Crippen molar-refractivity contribution in [1.82, 2.24) is 20.1 Å². The minimum absolute atomic E-state index is 0.617. The average Bonchev–Trinajstić information content (AvgIpc) is 2.94. The van der Waals surface area contributed by atoms with E-state index in [4.69, 9.17) is 5.73 Å². The van der Waals surface area contributed by atoms with Gasteiger partial charge in [0.1, 0.15) is 0 Å². The summed E-state index contributed by atoms with van der Waals surface area (Å²) in [6, 6.07) is 5.58. The Morgan fingerprint density at radius 2 is 2.35 bits per heavy atom. The number of nitrogens with zero attached hydrogens (tertiary/aromatic N) is 3. The van der Waals surface area contributed by atoms with Crippen LogP contribution in [0, 0.1) is 0 Å². The Balaban J connectivity index is 1.81. The standard InChI is InChI=1S/C10H9N5OS/c11-6-1-2-7-8(3-6)14-10(13-7)17-4-9-12-5-16-15-9/h1-3,5H,4,11H2,(H,13,14). The third-order valence-corrected chi connectivity index (χ3v) is 3.10. The smallest absolute Gasteiger partial charge is 0.213 e. The molecule has 0 bridgehead atoms. The molecule has 0 saturated heterocycles. The van der Waals surface area contributed by atoms with Crippen molar-refractivity contribution in [1.29, 1.82) is 0 Å². The summed E-state index contributed by atoms with van der Waals surface area (Å²) in [4.78, 5) is 11.5. The van der Waals surface area contributed by atoms with Crippen LogP contribution in [0.4, 0.5) is 5.69 Å². The van der Waals surface area contributed by atoms with Crippen LogP contribution in [0.2, 0.25) is 0 Å². The zero-order valence-corrected chi connectivity index (χ0v) is 9.57. The highest BCUT2D eigenvalue weighted by Gasteiger charge is 2.05. The van der Waals surface area contributed by atoms with E-state index in [1.54, 1.807) is 0 Å². The highest BCUT2D eigenvalue weighted by atomic mass is 32.2. The van der Waals surface area contributed by atoms with Gasteiger partial charge in [-0.2, -0.15) is 4.98 Å². The van der Waals surface area contributed by atoms with E-state index in [0.29, 0.717) is 11.6 Å². The number of anilines is 1. The number of thioether (sulfide) groups is 1. The minimum atomic E-state index is 0.617. The summed E-state index contributed by atoms with van der Waals surface area (Å²) in [5.74, 6) is 1.26. The van der Waals surface area contributed by atoms with E-state index in [9.17, 15) is 0 Å². The molecule has 0 amide bonds. The number of nitrogens with two attached hydrogens (primary N) is 1. The van der Waals surface area contributed by atoms with Crippen LogP contribution < -0.4 is 5.73 Å². The van der Waals surface area contributed by atoms with Crippen LogP contribution in [0.15, 0.2) is 34.3 Å². The Labute approximate surface area is 101 Å². The van der Waals surface area contributed by atoms with Gasteiger partial charge in [0.05, 0.1) is 16.8 Å². The first kappa shape index (κ1) is 10.2. The fourth-order valence-electron chi connectivity index (χ4n) is 1.46. The number of hydrogen-bond acceptors (Lipinski definition) is 6. The van der Waals surface area contributed by atoms with E-state index in [0.717, 1.165) is 21.9 Å². The van der Waals surface area contributed by atoms with Crippen LogP contribution in [0.5, 0.6) is 0 Å². The number of H-pyrrole nitrogens is 1. The second kappa shape index (κ2) is 4.10. The summed E-state index contributed by atoms with van der Waals surface area (Å²) in [7, 11) is 0. The van der Waals surface area contributed by atoms with E-state index >= 15 is 0 Å². The molecular weight excluding hydrogens is 238 g/mol. The molecular formula is C10H9N5OS. The molecule has 3 aromatic rings. The molecule has 0 spiro atoms. The number of nitrogens with one attached hydrogen (secondary N) is 1. The molecule has 7 heteroatoms. The number of nitrogen functional groups attached to an aromatic ring is 1. The number of imidazole rings is 1. The first-order valence-electron chi connectivity index (χ1n) is 4.94. The first-order valence-corrected chi connectivity index (χ1v) is 5.93. The summed E-state index contributed by atoms with van der Waals surface area (Å²) in [5, 5.41) is 4.55. The lowest BCUT2D eigenvalue weighted by Gasteiger charge is -1.90. The number of aromatic amines is 1. The average molecular weight is 247 g/mol. The predicted octanol–water partition coefficient (Wildman–Crippen LogP) is 1.82. The molecule has 17 heavy (non-hydrogen) atoms. The zero-order chi connectivity index (χ0) is 11.7. The molecule has 2 aromatic heterocycles. The van der Waals surface area contributed by atoms with E-state index in [1.807, 2.05) is 18.2 Å². The molecule has 6 nitrogen and oxygen atoms in total. The molecule has 0 aliphatic carbocycles. The third kappa shape index (κ3) is 2.09. The highest BCUT2D eigenvalue weighted by molar-refractivity contribution is 7.98. The van der Waals surface area contributed by atoms with Crippen molar-refractivity contribution >= 4 is 28.5 Å². The maximum atomic E-state index is 5.70. The maximum absolute atomic E-state index is 5.70. The molecule has 0 radical (unpaired) electrons. The Morgan fingerprint density at radius 1 is 1.41 bits per heavy atom. The van der Waals surface area contributed by atoms with Crippen molar-refractivity contribution < 1.29 is 4.52 Å². The van der Waals surface area contributed by atoms with Crippen molar-refractivity contribution in [3.05, 3.63) is 30.4 Å². The van der Waals surface area contributed by atoms with Gasteiger partial charge in [0.2, 0.25) is 6.39 Å². The van der Waals surface area contributed by atoms with Crippen LogP contribution >= 0.6 is 11.8 Å². The lowest BCUT2D eigenvalue weighted by Crippen LogP contribution is -1.83. The van der Waals surface area contributed by atoms with Crippen molar-refractivity contribution in [3.8, 4) is 0 Å². The van der Waals surface area contributed by atoms with Crippen LogP contribution in [-0.4, -0.2) is 20.1 Å². The van der Waals surface area contributed by atoms with Crippen LogP contribution in [0.3, 0.4) is 0 Å². The Bertz CT molecular complexity index is 633. The number of aromatic nitrogens is 4. The molecule has 0 fully saturated rings. The molecule has 0 saturated carbocycles. The quantitative estimate of drug-likeness (QED) is 0.541. The van der Waals surface area contributed by atoms with Gasteiger partial charge in [-0.1, -0.05) is 16.9 Å². The number of hydrogen-bond donors (Lipinski definition) is 2. The third-order valence-electron chi connectivity index (χ3n) is 2.23. The monoisotopic (exact) mass is 247 g/mol. The summed E-state index contributed by atoms with van der Waals surface area (Å²) < 4.78 is 4.66. The molecule has 0 atom stereocenters. The minimum Gasteiger partial charge on any atom is -0.399 e. The van der Waals surface area contributed by atoms with Gasteiger partial charge >= 0.3 is 0 Å². The van der Waals surface area contributed by atoms with Gasteiger partial charge in [-0.15, -0.1) is 0 Å². The van der Waals surface area contributed by atoms with E-state index in [1.165, 1.54) is 18.2 Å². The maximum Gasteiger partial charge on any atom is 0.213 e. The van der Waals surface area contributed by atoms with Crippen molar-refractivity contribution in [3.63, 3.8) is 0 Å².